The van der Waals surface area contributed by atoms with Crippen molar-refractivity contribution in [3.05, 3.63) is 78.4 Å². The third-order valence-electron chi connectivity index (χ3n) is 7.21. The van der Waals surface area contributed by atoms with Crippen molar-refractivity contribution < 1.29 is 9.59 Å². The number of aromatic nitrogens is 3. The van der Waals surface area contributed by atoms with Crippen LogP contribution in [0.2, 0.25) is 0 Å². The predicted molar refractivity (Wildman–Crippen MR) is 133 cm³/mol. The summed E-state index contributed by atoms with van der Waals surface area (Å²) in [6, 6.07) is 14.5. The van der Waals surface area contributed by atoms with Crippen molar-refractivity contribution in [1.29, 1.82) is 0 Å². The molecule has 2 amide bonds. The summed E-state index contributed by atoms with van der Waals surface area (Å²) in [4.78, 5) is 36.9. The van der Waals surface area contributed by atoms with Gasteiger partial charge in [-0.05, 0) is 48.6 Å². The van der Waals surface area contributed by atoms with Gasteiger partial charge in [0, 0.05) is 75.7 Å². The van der Waals surface area contributed by atoms with E-state index in [1.165, 1.54) is 5.56 Å². The number of carbonyl (C=O) groups is 2. The van der Waals surface area contributed by atoms with E-state index >= 15 is 0 Å². The third-order valence-corrected chi connectivity index (χ3v) is 7.21. The van der Waals surface area contributed by atoms with E-state index in [4.69, 9.17) is 0 Å². The van der Waals surface area contributed by atoms with Crippen LogP contribution in [0, 0.1) is 0 Å². The van der Waals surface area contributed by atoms with Crippen molar-refractivity contribution in [2.24, 2.45) is 0 Å². The summed E-state index contributed by atoms with van der Waals surface area (Å²) in [5.41, 5.74) is 3.06. The molecule has 2 aliphatic rings. The summed E-state index contributed by atoms with van der Waals surface area (Å²) < 4.78 is 1.67. The summed E-state index contributed by atoms with van der Waals surface area (Å²) in [5.74, 6) is 0.0568. The summed E-state index contributed by atoms with van der Waals surface area (Å²) in [5, 5.41) is 4.24. The number of anilines is 1. The lowest BCUT2D eigenvalue weighted by Crippen LogP contribution is -2.45. The third kappa shape index (κ3) is 5.27. The SMILES string of the molecule is CC(=O)N1CCC2CCC(CN(C(=O)Cn3cccn3)Cc3ccccc31)N2Cc1cccnc1. The Labute approximate surface area is 206 Å². The van der Waals surface area contributed by atoms with Crippen LogP contribution in [-0.4, -0.2) is 61.6 Å². The average molecular weight is 473 g/mol. The van der Waals surface area contributed by atoms with Crippen LogP contribution in [0.3, 0.4) is 0 Å². The van der Waals surface area contributed by atoms with E-state index in [-0.39, 0.29) is 24.4 Å². The number of hydrogen-bond donors (Lipinski definition) is 0. The van der Waals surface area contributed by atoms with Crippen LogP contribution in [0.25, 0.3) is 0 Å². The minimum Gasteiger partial charge on any atom is -0.335 e. The fraction of sp³-hybridized carbons (Fsp3) is 0.407. The molecule has 8 nitrogen and oxygen atoms in total. The molecule has 0 saturated carbocycles. The van der Waals surface area contributed by atoms with Crippen LogP contribution in [0.15, 0.2) is 67.3 Å². The van der Waals surface area contributed by atoms with Crippen molar-refractivity contribution in [2.45, 2.75) is 57.9 Å². The predicted octanol–water partition coefficient (Wildman–Crippen LogP) is 3.10. The molecule has 0 radical (unpaired) electrons. The Balaban J connectivity index is 1.49. The molecule has 2 aromatic heterocycles. The number of para-hydroxylation sites is 1. The normalized spacial score (nSPS) is 20.8. The van der Waals surface area contributed by atoms with E-state index in [1.807, 2.05) is 58.6 Å². The van der Waals surface area contributed by atoms with Gasteiger partial charge >= 0.3 is 0 Å². The molecule has 4 heterocycles. The first-order valence-electron chi connectivity index (χ1n) is 12.3. The van der Waals surface area contributed by atoms with Gasteiger partial charge in [0.25, 0.3) is 0 Å². The van der Waals surface area contributed by atoms with Gasteiger partial charge in [0.05, 0.1) is 0 Å². The number of fused-ring (bicyclic) bond motifs is 3. The van der Waals surface area contributed by atoms with Gasteiger partial charge in [0.2, 0.25) is 11.8 Å². The average Bonchev–Trinajstić information content (AvgIpc) is 3.49. The summed E-state index contributed by atoms with van der Waals surface area (Å²) >= 11 is 0. The first kappa shape index (κ1) is 23.2. The molecule has 1 fully saturated rings. The van der Waals surface area contributed by atoms with E-state index in [0.29, 0.717) is 25.7 Å². The van der Waals surface area contributed by atoms with E-state index in [9.17, 15) is 9.59 Å². The zero-order valence-corrected chi connectivity index (χ0v) is 20.2. The van der Waals surface area contributed by atoms with Gasteiger partial charge in [-0.15, -0.1) is 0 Å². The second-order valence-electron chi connectivity index (χ2n) is 9.48. The Bertz CT molecular complexity index is 1150. The highest BCUT2D eigenvalue weighted by atomic mass is 16.2. The van der Waals surface area contributed by atoms with Crippen LogP contribution in [0.5, 0.6) is 0 Å². The summed E-state index contributed by atoms with van der Waals surface area (Å²) in [6.07, 6.45) is 10.2. The molecule has 182 valence electrons. The highest BCUT2D eigenvalue weighted by Crippen LogP contribution is 2.32. The molecule has 2 aliphatic heterocycles. The largest absolute Gasteiger partial charge is 0.335 e. The molecule has 0 spiro atoms. The van der Waals surface area contributed by atoms with Crippen LogP contribution in [0.1, 0.15) is 37.3 Å². The van der Waals surface area contributed by atoms with E-state index < -0.39 is 0 Å². The van der Waals surface area contributed by atoms with Gasteiger partial charge in [0.1, 0.15) is 6.54 Å². The maximum atomic E-state index is 13.5. The minimum absolute atomic E-state index is 0.0273. The van der Waals surface area contributed by atoms with Crippen molar-refractivity contribution in [3.63, 3.8) is 0 Å². The number of rotatable bonds is 4. The number of carbonyl (C=O) groups excluding carboxylic acids is 2. The molecule has 2 atom stereocenters. The lowest BCUT2D eigenvalue weighted by molar-refractivity contribution is -0.133. The Hall–Kier alpha value is -3.52. The van der Waals surface area contributed by atoms with Gasteiger partial charge < -0.3 is 9.80 Å². The van der Waals surface area contributed by atoms with Gasteiger partial charge in [-0.25, -0.2) is 0 Å². The van der Waals surface area contributed by atoms with Crippen LogP contribution < -0.4 is 4.90 Å². The van der Waals surface area contributed by atoms with Crippen molar-refractivity contribution in [1.82, 2.24) is 24.6 Å². The monoisotopic (exact) mass is 472 g/mol. The van der Waals surface area contributed by atoms with Crippen molar-refractivity contribution in [3.8, 4) is 0 Å². The molecule has 8 heteroatoms. The maximum absolute atomic E-state index is 13.5. The van der Waals surface area contributed by atoms with Crippen LogP contribution in [0.4, 0.5) is 5.69 Å². The standard InChI is InChI=1S/C27H32N6O2/c1-21(34)32-15-11-24-9-10-25(33(24)17-22-6-4-12-28-16-22)19-30(18-23-7-2-3-8-26(23)32)27(35)20-31-14-5-13-29-31/h2-8,12-14,16,24-25H,9-11,15,17-20H2,1H3. The van der Waals surface area contributed by atoms with Crippen LogP contribution in [-0.2, 0) is 29.2 Å². The second kappa shape index (κ2) is 10.4. The van der Waals surface area contributed by atoms with Gasteiger partial charge in [-0.3, -0.25) is 24.2 Å². The summed E-state index contributed by atoms with van der Waals surface area (Å²) in [6.45, 7) is 4.38. The van der Waals surface area contributed by atoms with Crippen molar-refractivity contribution in [2.75, 3.05) is 18.0 Å². The lowest BCUT2D eigenvalue weighted by Gasteiger charge is -2.34. The van der Waals surface area contributed by atoms with Crippen LogP contribution >= 0.6 is 0 Å². The molecule has 0 aliphatic carbocycles. The molecule has 0 N–H and O–H groups in total. The molecule has 1 aromatic carbocycles. The van der Waals surface area contributed by atoms with Gasteiger partial charge in [-0.1, -0.05) is 24.3 Å². The highest BCUT2D eigenvalue weighted by Gasteiger charge is 2.36. The number of pyridine rings is 1. The highest BCUT2D eigenvalue weighted by molar-refractivity contribution is 5.92. The van der Waals surface area contributed by atoms with Crippen molar-refractivity contribution >= 4 is 17.5 Å². The van der Waals surface area contributed by atoms with E-state index in [0.717, 1.165) is 37.1 Å². The molecule has 1 saturated heterocycles. The number of hydrogen-bond acceptors (Lipinski definition) is 5. The minimum atomic E-state index is 0.0273. The quantitative estimate of drug-likeness (QED) is 0.583. The molecular formula is C27H32N6O2. The molecule has 3 aromatic rings. The molecular weight excluding hydrogens is 440 g/mol. The maximum Gasteiger partial charge on any atom is 0.244 e. The Morgan fingerprint density at radius 3 is 2.63 bits per heavy atom. The fourth-order valence-electron chi connectivity index (χ4n) is 5.46. The molecule has 35 heavy (non-hydrogen) atoms. The van der Waals surface area contributed by atoms with E-state index in [2.05, 4.69) is 21.0 Å². The smallest absolute Gasteiger partial charge is 0.244 e. The fourth-order valence-corrected chi connectivity index (χ4v) is 5.46. The number of benzene rings is 1. The number of amides is 2. The Morgan fingerprint density at radius 1 is 1.00 bits per heavy atom. The zero-order chi connectivity index (χ0) is 24.2. The topological polar surface area (TPSA) is 74.6 Å². The molecule has 2 unspecified atom stereocenters. The second-order valence-corrected chi connectivity index (χ2v) is 9.48. The Kier molecular flexibility index (Phi) is 6.90. The lowest BCUT2D eigenvalue weighted by atomic mass is 10.1. The first-order valence-corrected chi connectivity index (χ1v) is 12.3. The molecule has 5 rings (SSSR count). The van der Waals surface area contributed by atoms with Gasteiger partial charge in [-0.2, -0.15) is 5.10 Å². The molecule has 2 bridgehead atoms. The first-order chi connectivity index (χ1) is 17.1. The van der Waals surface area contributed by atoms with Gasteiger partial charge in [0.15, 0.2) is 0 Å². The Morgan fingerprint density at radius 2 is 1.86 bits per heavy atom. The summed E-state index contributed by atoms with van der Waals surface area (Å²) in [7, 11) is 0. The number of nitrogens with zero attached hydrogens (tertiary/aromatic N) is 6. The zero-order valence-electron chi connectivity index (χ0n) is 20.2. The van der Waals surface area contributed by atoms with E-state index in [1.54, 1.807) is 24.0 Å².